The quantitative estimate of drug-likeness (QED) is 0.749. The van der Waals surface area contributed by atoms with Crippen LogP contribution < -0.4 is 10.1 Å². The van der Waals surface area contributed by atoms with Gasteiger partial charge in [0.1, 0.15) is 16.9 Å². The van der Waals surface area contributed by atoms with Crippen molar-refractivity contribution in [3.63, 3.8) is 0 Å². The van der Waals surface area contributed by atoms with Gasteiger partial charge < -0.3 is 14.8 Å². The molecule has 0 radical (unpaired) electrons. The molecule has 1 fully saturated rings. The molecule has 2 unspecified atom stereocenters. The number of hydrogen-bond acceptors (Lipinski definition) is 4. The van der Waals surface area contributed by atoms with Gasteiger partial charge in [-0.25, -0.2) is 0 Å². The van der Waals surface area contributed by atoms with Crippen LogP contribution >= 0.6 is 0 Å². The van der Waals surface area contributed by atoms with Crippen molar-refractivity contribution in [1.29, 1.82) is 0 Å². The number of rotatable bonds is 7. The second-order valence-electron chi connectivity index (χ2n) is 7.44. The van der Waals surface area contributed by atoms with E-state index in [9.17, 15) is 4.79 Å². The zero-order chi connectivity index (χ0) is 19.3. The first-order chi connectivity index (χ1) is 13.1. The van der Waals surface area contributed by atoms with Crippen LogP contribution in [0.3, 0.4) is 0 Å². The van der Waals surface area contributed by atoms with Crippen LogP contribution in [0.5, 0.6) is 5.75 Å². The number of hydrogen-bond donors (Lipinski definition) is 1. The number of pyridine rings is 1. The number of ether oxygens (including phenoxy) is 2. The largest absolute Gasteiger partial charge is 0.491 e. The summed E-state index contributed by atoms with van der Waals surface area (Å²) < 4.78 is 11.8. The lowest BCUT2D eigenvalue weighted by molar-refractivity contribution is -0.147. The molecular weight excluding hydrogens is 340 g/mol. The van der Waals surface area contributed by atoms with E-state index in [1.165, 1.54) is 0 Å². The molecular formula is C22H30N2O3. The van der Waals surface area contributed by atoms with Gasteiger partial charge in [-0.1, -0.05) is 20.3 Å². The van der Waals surface area contributed by atoms with Gasteiger partial charge in [0.05, 0.1) is 12.3 Å². The second kappa shape index (κ2) is 8.70. The Hall–Kier alpha value is -2.14. The van der Waals surface area contributed by atoms with Crippen LogP contribution in [0.4, 0.5) is 5.69 Å². The van der Waals surface area contributed by atoms with Crippen molar-refractivity contribution in [2.75, 3.05) is 18.5 Å². The Morgan fingerprint density at radius 3 is 2.93 bits per heavy atom. The number of amides is 1. The van der Waals surface area contributed by atoms with Crippen LogP contribution in [0, 0.1) is 5.92 Å². The summed E-state index contributed by atoms with van der Waals surface area (Å²) in [5.41, 5.74) is 0.786. The molecule has 1 aliphatic rings. The molecule has 0 aliphatic heterocycles. The standard InChI is InChI=1S/C22H30N2O3/c1-4-14-26-19-11-10-18(17-9-7-13-23-20(17)19)24-21(25)22(27-5-2)12-6-8-16(3)15-22/h7,9-11,13,16H,4-6,8,12,14-15H2,1-3H3,(H,24,25). The van der Waals surface area contributed by atoms with E-state index >= 15 is 0 Å². The number of aromatic nitrogens is 1. The minimum Gasteiger partial charge on any atom is -0.491 e. The summed E-state index contributed by atoms with van der Waals surface area (Å²) in [5, 5.41) is 4.01. The van der Waals surface area contributed by atoms with Gasteiger partial charge in [-0.05, 0) is 62.8 Å². The van der Waals surface area contributed by atoms with Crippen molar-refractivity contribution in [1.82, 2.24) is 4.98 Å². The van der Waals surface area contributed by atoms with Gasteiger partial charge in [0.2, 0.25) is 0 Å². The first-order valence-electron chi connectivity index (χ1n) is 10.1. The number of nitrogens with one attached hydrogen (secondary N) is 1. The normalized spacial score (nSPS) is 22.6. The van der Waals surface area contributed by atoms with Crippen LogP contribution in [-0.2, 0) is 9.53 Å². The number of fused-ring (bicyclic) bond motifs is 1. The number of nitrogens with zero attached hydrogens (tertiary/aromatic N) is 1. The maximum Gasteiger partial charge on any atom is 0.256 e. The third-order valence-corrected chi connectivity index (χ3v) is 5.23. The molecule has 1 N–H and O–H groups in total. The Balaban J connectivity index is 1.90. The Morgan fingerprint density at radius 1 is 1.33 bits per heavy atom. The molecule has 3 rings (SSSR count). The first kappa shape index (κ1) is 19.6. The molecule has 1 heterocycles. The predicted molar refractivity (Wildman–Crippen MR) is 108 cm³/mol. The van der Waals surface area contributed by atoms with Crippen LogP contribution in [0.25, 0.3) is 10.9 Å². The molecule has 1 aromatic carbocycles. The fraction of sp³-hybridized carbons (Fsp3) is 0.545. The van der Waals surface area contributed by atoms with Gasteiger partial charge in [0.15, 0.2) is 0 Å². The van der Waals surface area contributed by atoms with Crippen molar-refractivity contribution in [3.05, 3.63) is 30.5 Å². The lowest BCUT2D eigenvalue weighted by Gasteiger charge is -2.38. The number of anilines is 1. The minimum atomic E-state index is -0.738. The summed E-state index contributed by atoms with van der Waals surface area (Å²) in [5.74, 6) is 1.18. The van der Waals surface area contributed by atoms with E-state index in [4.69, 9.17) is 9.47 Å². The average Bonchev–Trinajstić information content (AvgIpc) is 2.67. The molecule has 1 saturated carbocycles. The molecule has 2 aromatic rings. The third kappa shape index (κ3) is 4.24. The Bertz CT molecular complexity index is 788. The maximum atomic E-state index is 13.2. The molecule has 0 saturated heterocycles. The van der Waals surface area contributed by atoms with E-state index in [1.807, 2.05) is 31.2 Å². The summed E-state index contributed by atoms with van der Waals surface area (Å²) in [7, 11) is 0. The fourth-order valence-corrected chi connectivity index (χ4v) is 4.00. The van der Waals surface area contributed by atoms with Crippen molar-refractivity contribution in [2.24, 2.45) is 5.92 Å². The summed E-state index contributed by atoms with van der Waals surface area (Å²) in [6.45, 7) is 7.39. The Labute approximate surface area is 161 Å². The van der Waals surface area contributed by atoms with Gasteiger partial charge >= 0.3 is 0 Å². The van der Waals surface area contributed by atoms with E-state index < -0.39 is 5.60 Å². The van der Waals surface area contributed by atoms with E-state index in [-0.39, 0.29) is 5.91 Å². The first-order valence-corrected chi connectivity index (χ1v) is 10.1. The zero-order valence-electron chi connectivity index (χ0n) is 16.6. The predicted octanol–water partition coefficient (Wildman–Crippen LogP) is 4.95. The molecule has 5 nitrogen and oxygen atoms in total. The summed E-state index contributed by atoms with van der Waals surface area (Å²) in [4.78, 5) is 17.7. The molecule has 1 amide bonds. The van der Waals surface area contributed by atoms with Crippen LogP contribution in [0.2, 0.25) is 0 Å². The number of benzene rings is 1. The molecule has 0 spiro atoms. The molecule has 0 bridgehead atoms. The summed E-state index contributed by atoms with van der Waals surface area (Å²) >= 11 is 0. The van der Waals surface area contributed by atoms with Crippen LogP contribution in [0.15, 0.2) is 30.5 Å². The van der Waals surface area contributed by atoms with Crippen LogP contribution in [-0.4, -0.2) is 29.7 Å². The van der Waals surface area contributed by atoms with Gasteiger partial charge in [-0.2, -0.15) is 0 Å². The molecule has 27 heavy (non-hydrogen) atoms. The smallest absolute Gasteiger partial charge is 0.256 e. The average molecular weight is 370 g/mol. The molecule has 1 aromatic heterocycles. The highest BCUT2D eigenvalue weighted by molar-refractivity contribution is 6.05. The van der Waals surface area contributed by atoms with Gasteiger partial charge in [0.25, 0.3) is 5.91 Å². The molecule has 2 atom stereocenters. The molecule has 5 heteroatoms. The van der Waals surface area contributed by atoms with Crippen molar-refractivity contribution >= 4 is 22.5 Å². The van der Waals surface area contributed by atoms with E-state index in [0.29, 0.717) is 19.1 Å². The summed E-state index contributed by atoms with van der Waals surface area (Å²) in [6.07, 6.45) is 6.38. The number of carbonyl (C=O) groups is 1. The van der Waals surface area contributed by atoms with Gasteiger partial charge in [-0.15, -0.1) is 0 Å². The van der Waals surface area contributed by atoms with E-state index in [2.05, 4.69) is 24.1 Å². The van der Waals surface area contributed by atoms with Gasteiger partial charge in [-0.3, -0.25) is 9.78 Å². The van der Waals surface area contributed by atoms with Crippen molar-refractivity contribution in [2.45, 2.75) is 58.5 Å². The van der Waals surface area contributed by atoms with Gasteiger partial charge in [0, 0.05) is 18.2 Å². The molecule has 1 aliphatic carbocycles. The fourth-order valence-electron chi connectivity index (χ4n) is 4.00. The van der Waals surface area contributed by atoms with Crippen LogP contribution in [0.1, 0.15) is 52.9 Å². The monoisotopic (exact) mass is 370 g/mol. The van der Waals surface area contributed by atoms with E-state index in [1.54, 1.807) is 6.20 Å². The van der Waals surface area contributed by atoms with Crippen molar-refractivity contribution in [3.8, 4) is 5.75 Å². The van der Waals surface area contributed by atoms with Crippen molar-refractivity contribution < 1.29 is 14.3 Å². The highest BCUT2D eigenvalue weighted by Crippen LogP contribution is 2.37. The maximum absolute atomic E-state index is 13.2. The van der Waals surface area contributed by atoms with E-state index in [0.717, 1.165) is 54.4 Å². The Morgan fingerprint density at radius 2 is 2.19 bits per heavy atom. The molecule has 146 valence electrons. The zero-order valence-corrected chi connectivity index (χ0v) is 16.6. The highest BCUT2D eigenvalue weighted by Gasteiger charge is 2.42. The Kier molecular flexibility index (Phi) is 6.32. The topological polar surface area (TPSA) is 60.5 Å². The lowest BCUT2D eigenvalue weighted by Crippen LogP contribution is -2.48. The second-order valence-corrected chi connectivity index (χ2v) is 7.44. The highest BCUT2D eigenvalue weighted by atomic mass is 16.5. The minimum absolute atomic E-state index is 0.0525. The summed E-state index contributed by atoms with van der Waals surface area (Å²) in [6, 6.07) is 7.63. The number of carbonyl (C=O) groups excluding carboxylic acids is 1. The lowest BCUT2D eigenvalue weighted by atomic mass is 9.78. The third-order valence-electron chi connectivity index (χ3n) is 5.23. The SMILES string of the molecule is CCCOc1ccc(NC(=O)C2(OCC)CCCC(C)C2)c2cccnc12.